The molecule has 2 fully saturated rings. The summed E-state index contributed by atoms with van der Waals surface area (Å²) in [5.74, 6) is 1.80. The summed E-state index contributed by atoms with van der Waals surface area (Å²) in [6, 6.07) is 1.69. The van der Waals surface area contributed by atoms with Crippen LogP contribution >= 0.6 is 0 Å². The van der Waals surface area contributed by atoms with Gasteiger partial charge in [0.25, 0.3) is 0 Å². The van der Waals surface area contributed by atoms with Crippen LogP contribution in [-0.4, -0.2) is 47.4 Å². The molecule has 130 valence electrons. The lowest BCUT2D eigenvalue weighted by molar-refractivity contribution is 0.104. The van der Waals surface area contributed by atoms with Crippen molar-refractivity contribution in [1.29, 1.82) is 0 Å². The molecule has 2 saturated heterocycles. The van der Waals surface area contributed by atoms with Gasteiger partial charge in [0, 0.05) is 13.0 Å². The minimum atomic E-state index is -2.97. The number of nitrogens with zero attached hydrogens (tertiary/aromatic N) is 3. The first-order chi connectivity index (χ1) is 11.6. The van der Waals surface area contributed by atoms with Crippen LogP contribution in [0.15, 0.2) is 23.0 Å². The fraction of sp³-hybridized carbons (Fsp3) is 0.625. The second kappa shape index (κ2) is 6.33. The maximum atomic E-state index is 11.8. The van der Waals surface area contributed by atoms with E-state index < -0.39 is 9.84 Å². The Hall–Kier alpha value is -1.67. The molecule has 8 heteroatoms. The SMILES string of the molecule is O=S1(=O)CCC(n2nc(-c3ccoc3)nc2CC[C@@H]2CCCO2)C1. The molecule has 1 unspecified atom stereocenters. The third-order valence-corrected chi connectivity index (χ3v) is 6.50. The first-order valence-corrected chi connectivity index (χ1v) is 10.2. The summed E-state index contributed by atoms with van der Waals surface area (Å²) in [6.45, 7) is 0.832. The van der Waals surface area contributed by atoms with E-state index in [1.54, 1.807) is 12.5 Å². The van der Waals surface area contributed by atoms with E-state index in [1.165, 1.54) is 0 Å². The molecule has 0 N–H and O–H groups in total. The van der Waals surface area contributed by atoms with E-state index in [9.17, 15) is 8.42 Å². The number of hydrogen-bond acceptors (Lipinski definition) is 6. The van der Waals surface area contributed by atoms with Crippen LogP contribution in [0.3, 0.4) is 0 Å². The summed E-state index contributed by atoms with van der Waals surface area (Å²) >= 11 is 0. The lowest BCUT2D eigenvalue weighted by Gasteiger charge is -2.13. The Bertz CT molecular complexity index is 791. The second-order valence-corrected chi connectivity index (χ2v) is 8.77. The first-order valence-electron chi connectivity index (χ1n) is 8.41. The minimum Gasteiger partial charge on any atom is -0.472 e. The maximum Gasteiger partial charge on any atom is 0.184 e. The topological polar surface area (TPSA) is 87.2 Å². The van der Waals surface area contributed by atoms with Gasteiger partial charge < -0.3 is 9.15 Å². The van der Waals surface area contributed by atoms with E-state index in [2.05, 4.69) is 10.1 Å². The van der Waals surface area contributed by atoms with Gasteiger partial charge in [-0.25, -0.2) is 18.1 Å². The monoisotopic (exact) mass is 351 g/mol. The van der Waals surface area contributed by atoms with E-state index in [0.717, 1.165) is 43.7 Å². The van der Waals surface area contributed by atoms with Gasteiger partial charge in [-0.2, -0.15) is 5.10 Å². The van der Waals surface area contributed by atoms with Gasteiger partial charge in [0.1, 0.15) is 12.1 Å². The molecule has 2 atom stereocenters. The van der Waals surface area contributed by atoms with E-state index in [1.807, 2.05) is 10.7 Å². The number of rotatable bonds is 5. The molecule has 2 aliphatic heterocycles. The Labute approximate surface area is 140 Å². The molecular weight excluding hydrogens is 330 g/mol. The molecule has 0 aliphatic carbocycles. The summed E-state index contributed by atoms with van der Waals surface area (Å²) in [5.41, 5.74) is 0.813. The number of aryl methyl sites for hydroxylation is 1. The molecule has 0 bridgehead atoms. The van der Waals surface area contributed by atoms with Gasteiger partial charge >= 0.3 is 0 Å². The van der Waals surface area contributed by atoms with E-state index >= 15 is 0 Å². The molecule has 0 radical (unpaired) electrons. The third kappa shape index (κ3) is 3.25. The Morgan fingerprint density at radius 3 is 2.92 bits per heavy atom. The first kappa shape index (κ1) is 15.8. The van der Waals surface area contributed by atoms with Crippen molar-refractivity contribution in [2.45, 2.75) is 44.2 Å². The summed E-state index contributed by atoms with van der Waals surface area (Å²) in [7, 11) is -2.97. The number of sulfone groups is 1. The molecule has 0 spiro atoms. The lowest BCUT2D eigenvalue weighted by atomic mass is 10.1. The fourth-order valence-electron chi connectivity index (χ4n) is 3.46. The van der Waals surface area contributed by atoms with Gasteiger partial charge in [-0.3, -0.25) is 0 Å². The summed E-state index contributed by atoms with van der Waals surface area (Å²) < 4.78 is 36.3. The van der Waals surface area contributed by atoms with Gasteiger partial charge in [0.15, 0.2) is 15.7 Å². The molecule has 2 aromatic heterocycles. The highest BCUT2D eigenvalue weighted by Gasteiger charge is 2.32. The van der Waals surface area contributed by atoms with Crippen molar-refractivity contribution in [3.8, 4) is 11.4 Å². The molecule has 2 aromatic rings. The van der Waals surface area contributed by atoms with Crippen LogP contribution in [0.2, 0.25) is 0 Å². The van der Waals surface area contributed by atoms with Crippen LogP contribution in [0.4, 0.5) is 0 Å². The highest BCUT2D eigenvalue weighted by molar-refractivity contribution is 7.91. The zero-order chi connectivity index (χ0) is 16.6. The van der Waals surface area contributed by atoms with Crippen molar-refractivity contribution >= 4 is 9.84 Å². The molecule has 4 heterocycles. The zero-order valence-electron chi connectivity index (χ0n) is 13.4. The smallest absolute Gasteiger partial charge is 0.184 e. The van der Waals surface area contributed by atoms with Crippen molar-refractivity contribution in [1.82, 2.24) is 14.8 Å². The molecular formula is C16H21N3O4S. The Balaban J connectivity index is 1.59. The molecule has 0 saturated carbocycles. The molecule has 0 amide bonds. The quantitative estimate of drug-likeness (QED) is 0.819. The predicted molar refractivity (Wildman–Crippen MR) is 87.3 cm³/mol. The van der Waals surface area contributed by atoms with E-state index in [0.29, 0.717) is 12.2 Å². The Morgan fingerprint density at radius 1 is 1.33 bits per heavy atom. The largest absolute Gasteiger partial charge is 0.472 e. The van der Waals surface area contributed by atoms with Crippen LogP contribution in [0.1, 0.15) is 37.5 Å². The Morgan fingerprint density at radius 2 is 2.25 bits per heavy atom. The normalized spacial score (nSPS) is 26.2. The predicted octanol–water partition coefficient (Wildman–Crippen LogP) is 2.01. The highest BCUT2D eigenvalue weighted by atomic mass is 32.2. The average Bonchev–Trinajstić information content (AvgIpc) is 3.32. The van der Waals surface area contributed by atoms with Gasteiger partial charge in [0.05, 0.1) is 35.5 Å². The van der Waals surface area contributed by atoms with Gasteiger partial charge in [-0.05, 0) is 31.7 Å². The molecule has 2 aliphatic rings. The van der Waals surface area contributed by atoms with Crippen LogP contribution in [-0.2, 0) is 21.0 Å². The van der Waals surface area contributed by atoms with Gasteiger partial charge in [0.2, 0.25) is 0 Å². The van der Waals surface area contributed by atoms with Crippen LogP contribution in [0.5, 0.6) is 0 Å². The lowest BCUT2D eigenvalue weighted by Crippen LogP contribution is -2.17. The van der Waals surface area contributed by atoms with Gasteiger partial charge in [-0.1, -0.05) is 0 Å². The van der Waals surface area contributed by atoms with Crippen molar-refractivity contribution in [3.05, 3.63) is 24.4 Å². The maximum absolute atomic E-state index is 11.8. The molecule has 4 rings (SSSR count). The number of aromatic nitrogens is 3. The van der Waals surface area contributed by atoms with Crippen molar-refractivity contribution in [2.24, 2.45) is 0 Å². The van der Waals surface area contributed by atoms with Crippen LogP contribution < -0.4 is 0 Å². The summed E-state index contributed by atoms with van der Waals surface area (Å²) in [6.07, 6.45) is 7.90. The van der Waals surface area contributed by atoms with Crippen molar-refractivity contribution in [3.63, 3.8) is 0 Å². The molecule has 7 nitrogen and oxygen atoms in total. The Kier molecular flexibility index (Phi) is 4.17. The second-order valence-electron chi connectivity index (χ2n) is 6.54. The number of furan rings is 1. The highest BCUT2D eigenvalue weighted by Crippen LogP contribution is 2.27. The molecule has 24 heavy (non-hydrogen) atoms. The van der Waals surface area contributed by atoms with Crippen LogP contribution in [0.25, 0.3) is 11.4 Å². The van der Waals surface area contributed by atoms with E-state index in [-0.39, 0.29) is 23.7 Å². The average molecular weight is 351 g/mol. The fourth-order valence-corrected chi connectivity index (χ4v) is 5.15. The standard InChI is InChI=1S/C16H21N3O4S/c20-24(21)9-6-13(11-24)19-15(4-3-14-2-1-7-23-14)17-16(18-19)12-5-8-22-10-12/h5,8,10,13-14H,1-4,6-7,9,11H2/t13?,14-/m0/s1. The van der Waals surface area contributed by atoms with Crippen molar-refractivity contribution < 1.29 is 17.6 Å². The minimum absolute atomic E-state index is 0.123. The van der Waals surface area contributed by atoms with E-state index in [4.69, 9.17) is 9.15 Å². The molecule has 0 aromatic carbocycles. The van der Waals surface area contributed by atoms with Crippen molar-refractivity contribution in [2.75, 3.05) is 18.1 Å². The zero-order valence-corrected chi connectivity index (χ0v) is 14.2. The summed E-state index contributed by atoms with van der Waals surface area (Å²) in [4.78, 5) is 4.65. The third-order valence-electron chi connectivity index (χ3n) is 4.75. The van der Waals surface area contributed by atoms with Gasteiger partial charge in [-0.15, -0.1) is 0 Å². The number of ether oxygens (including phenoxy) is 1. The van der Waals surface area contributed by atoms with Crippen LogP contribution in [0, 0.1) is 0 Å². The number of hydrogen-bond donors (Lipinski definition) is 0. The summed E-state index contributed by atoms with van der Waals surface area (Å²) in [5, 5.41) is 4.59.